The van der Waals surface area contributed by atoms with Crippen LogP contribution in [0.1, 0.15) is 26.3 Å². The van der Waals surface area contributed by atoms with Gasteiger partial charge in [-0.2, -0.15) is 8.78 Å². The molecule has 24 heavy (non-hydrogen) atoms. The van der Waals surface area contributed by atoms with Crippen LogP contribution < -0.4 is 4.74 Å². The number of rotatable bonds is 2. The molecule has 1 saturated heterocycles. The van der Waals surface area contributed by atoms with Gasteiger partial charge >= 0.3 is 12.1 Å². The molecule has 0 spiro atoms. The number of carbonyl (C=O) groups excluding carboxylic acids is 2. The average molecular weight is 352 g/mol. The lowest BCUT2D eigenvalue weighted by Crippen LogP contribution is -2.45. The Hall–Kier alpha value is -2.32. The van der Waals surface area contributed by atoms with Gasteiger partial charge in [-0.1, -0.05) is 13.8 Å². The van der Waals surface area contributed by atoms with E-state index in [0.29, 0.717) is 0 Å². The van der Waals surface area contributed by atoms with Crippen LogP contribution in [-0.2, 0) is 14.3 Å². The zero-order valence-electron chi connectivity index (χ0n) is 13.5. The van der Waals surface area contributed by atoms with E-state index in [9.17, 15) is 27.2 Å². The van der Waals surface area contributed by atoms with Crippen LogP contribution in [-0.4, -0.2) is 25.3 Å². The molecule has 134 valence electrons. The van der Waals surface area contributed by atoms with Crippen molar-refractivity contribution in [3.8, 4) is 5.75 Å². The minimum absolute atomic E-state index is 0.468. The standard InChI is InChI=1S/C13H10F4O5.C2H6/c1-5-6(14)8(16)10(9(17)7(5)15)22-11(18)13(2)3-20-12(19)21-4-13;1-2/h3-4H2,1-2H3;1-2H3. The Balaban J connectivity index is 0.00000139. The summed E-state index contributed by atoms with van der Waals surface area (Å²) in [5.74, 6) is -9.76. The molecule has 1 aliphatic rings. The fourth-order valence-corrected chi connectivity index (χ4v) is 1.66. The monoisotopic (exact) mass is 352 g/mol. The number of carbonyl (C=O) groups is 2. The summed E-state index contributed by atoms with van der Waals surface area (Å²) in [5.41, 5.74) is -2.44. The van der Waals surface area contributed by atoms with Gasteiger partial charge in [0.25, 0.3) is 0 Å². The predicted molar refractivity (Wildman–Crippen MR) is 73.4 cm³/mol. The molecule has 0 N–H and O–H groups in total. The van der Waals surface area contributed by atoms with Crippen molar-refractivity contribution in [2.45, 2.75) is 27.7 Å². The molecule has 1 aliphatic heterocycles. The van der Waals surface area contributed by atoms with Gasteiger partial charge in [0.05, 0.1) is 0 Å². The van der Waals surface area contributed by atoms with Crippen molar-refractivity contribution in [1.29, 1.82) is 0 Å². The maximum Gasteiger partial charge on any atom is 0.508 e. The molecule has 0 bridgehead atoms. The zero-order chi connectivity index (χ0) is 18.7. The number of esters is 1. The van der Waals surface area contributed by atoms with Gasteiger partial charge in [0, 0.05) is 5.56 Å². The van der Waals surface area contributed by atoms with Crippen LogP contribution in [0.15, 0.2) is 0 Å². The third-order valence-electron chi connectivity index (χ3n) is 3.15. The molecule has 5 nitrogen and oxygen atoms in total. The van der Waals surface area contributed by atoms with E-state index in [1.54, 1.807) is 0 Å². The minimum Gasteiger partial charge on any atom is -0.433 e. The largest absolute Gasteiger partial charge is 0.508 e. The topological polar surface area (TPSA) is 61.8 Å². The Morgan fingerprint density at radius 2 is 1.42 bits per heavy atom. The Bertz CT molecular complexity index is 621. The summed E-state index contributed by atoms with van der Waals surface area (Å²) in [7, 11) is 0. The second kappa shape index (κ2) is 7.50. The highest BCUT2D eigenvalue weighted by molar-refractivity contribution is 5.80. The van der Waals surface area contributed by atoms with Crippen molar-refractivity contribution < 1.29 is 41.4 Å². The van der Waals surface area contributed by atoms with E-state index in [0.717, 1.165) is 6.92 Å². The number of hydrogen-bond acceptors (Lipinski definition) is 5. The van der Waals surface area contributed by atoms with Gasteiger partial charge in [0.2, 0.25) is 17.4 Å². The molecule has 0 saturated carbocycles. The third kappa shape index (κ3) is 3.60. The first kappa shape index (κ1) is 19.7. The van der Waals surface area contributed by atoms with Gasteiger partial charge < -0.3 is 14.2 Å². The normalized spacial score (nSPS) is 15.6. The van der Waals surface area contributed by atoms with Gasteiger partial charge in [0.15, 0.2) is 11.6 Å². The molecule has 9 heteroatoms. The van der Waals surface area contributed by atoms with Crippen LogP contribution >= 0.6 is 0 Å². The molecule has 1 aromatic carbocycles. The second-order valence-electron chi connectivity index (χ2n) is 4.99. The van der Waals surface area contributed by atoms with Crippen LogP contribution in [0.5, 0.6) is 5.75 Å². The number of ether oxygens (including phenoxy) is 3. The Morgan fingerprint density at radius 1 is 1.00 bits per heavy atom. The van der Waals surface area contributed by atoms with E-state index < -0.39 is 65.3 Å². The van der Waals surface area contributed by atoms with Gasteiger partial charge in [-0.3, -0.25) is 4.79 Å². The highest BCUT2D eigenvalue weighted by atomic mass is 19.2. The summed E-state index contributed by atoms with van der Waals surface area (Å²) < 4.78 is 67.5. The molecule has 0 amide bonds. The van der Waals surface area contributed by atoms with Gasteiger partial charge in [-0.05, 0) is 13.8 Å². The molecule has 0 atom stereocenters. The van der Waals surface area contributed by atoms with Crippen LogP contribution in [0, 0.1) is 35.6 Å². The molecule has 2 rings (SSSR count). The first-order valence-corrected chi connectivity index (χ1v) is 7.02. The van der Waals surface area contributed by atoms with Gasteiger partial charge in [-0.25, -0.2) is 13.6 Å². The Kier molecular flexibility index (Phi) is 6.16. The maximum absolute atomic E-state index is 13.6. The summed E-state index contributed by atoms with van der Waals surface area (Å²) in [6.07, 6.45) is -1.02. The fourth-order valence-electron chi connectivity index (χ4n) is 1.66. The highest BCUT2D eigenvalue weighted by Gasteiger charge is 2.43. The Labute approximate surface area is 135 Å². The number of cyclic esters (lactones) is 2. The van der Waals surface area contributed by atoms with E-state index in [1.807, 2.05) is 13.8 Å². The summed E-state index contributed by atoms with van der Waals surface area (Å²) in [4.78, 5) is 22.7. The van der Waals surface area contributed by atoms with Crippen LogP contribution in [0.25, 0.3) is 0 Å². The van der Waals surface area contributed by atoms with E-state index in [-0.39, 0.29) is 0 Å². The van der Waals surface area contributed by atoms with E-state index in [1.165, 1.54) is 6.92 Å². The smallest absolute Gasteiger partial charge is 0.433 e. The molecule has 1 aromatic rings. The van der Waals surface area contributed by atoms with Crippen LogP contribution in [0.2, 0.25) is 0 Å². The molecular formula is C15H16F4O5. The summed E-state index contributed by atoms with van der Waals surface area (Å²) >= 11 is 0. The zero-order valence-corrected chi connectivity index (χ0v) is 13.5. The lowest BCUT2D eigenvalue weighted by atomic mass is 9.92. The third-order valence-corrected chi connectivity index (χ3v) is 3.15. The van der Waals surface area contributed by atoms with E-state index in [4.69, 9.17) is 0 Å². The molecule has 0 aliphatic carbocycles. The molecule has 0 unspecified atom stereocenters. The number of halogens is 4. The minimum atomic E-state index is -1.83. The van der Waals surface area contributed by atoms with E-state index >= 15 is 0 Å². The molecule has 0 aromatic heterocycles. The molecular weight excluding hydrogens is 336 g/mol. The van der Waals surface area contributed by atoms with Crippen molar-refractivity contribution in [3.05, 3.63) is 28.8 Å². The summed E-state index contributed by atoms with van der Waals surface area (Å²) in [6, 6.07) is 0. The van der Waals surface area contributed by atoms with Crippen molar-refractivity contribution in [1.82, 2.24) is 0 Å². The maximum atomic E-state index is 13.6. The molecule has 0 radical (unpaired) electrons. The highest BCUT2D eigenvalue weighted by Crippen LogP contribution is 2.32. The van der Waals surface area contributed by atoms with Crippen molar-refractivity contribution in [3.63, 3.8) is 0 Å². The summed E-state index contributed by atoms with van der Waals surface area (Å²) in [5, 5.41) is 0. The fraction of sp³-hybridized carbons (Fsp3) is 0.467. The quantitative estimate of drug-likeness (QED) is 0.352. The van der Waals surface area contributed by atoms with Gasteiger partial charge in [0.1, 0.15) is 18.6 Å². The number of benzene rings is 1. The number of hydrogen-bond donors (Lipinski definition) is 0. The molecule has 1 heterocycles. The Morgan fingerprint density at radius 3 is 1.83 bits per heavy atom. The average Bonchev–Trinajstić information content (AvgIpc) is 2.59. The van der Waals surface area contributed by atoms with Crippen molar-refractivity contribution >= 4 is 12.1 Å². The first-order valence-electron chi connectivity index (χ1n) is 7.02. The van der Waals surface area contributed by atoms with Crippen molar-refractivity contribution in [2.75, 3.05) is 13.2 Å². The SMILES string of the molecule is CC.Cc1c(F)c(F)c(OC(=O)C2(C)COC(=O)OC2)c(F)c1F. The molecule has 1 fully saturated rings. The van der Waals surface area contributed by atoms with Crippen LogP contribution in [0.4, 0.5) is 22.4 Å². The van der Waals surface area contributed by atoms with Crippen molar-refractivity contribution in [2.24, 2.45) is 5.41 Å². The second-order valence-corrected chi connectivity index (χ2v) is 4.99. The lowest BCUT2D eigenvalue weighted by molar-refractivity contribution is -0.156. The summed E-state index contributed by atoms with van der Waals surface area (Å²) in [6.45, 7) is 5.13. The first-order chi connectivity index (χ1) is 11.2. The van der Waals surface area contributed by atoms with E-state index in [2.05, 4.69) is 14.2 Å². The lowest BCUT2D eigenvalue weighted by Gasteiger charge is -2.29. The predicted octanol–water partition coefficient (Wildman–Crippen LogP) is 3.66. The van der Waals surface area contributed by atoms with Gasteiger partial charge in [-0.15, -0.1) is 0 Å². The van der Waals surface area contributed by atoms with Crippen LogP contribution in [0.3, 0.4) is 0 Å².